The molecular weight excluding hydrogens is 234 g/mol. The molecule has 2 saturated carbocycles. The van der Waals surface area contributed by atoms with Gasteiger partial charge in [-0.3, -0.25) is 0 Å². The summed E-state index contributed by atoms with van der Waals surface area (Å²) in [5.41, 5.74) is -1.19. The summed E-state index contributed by atoms with van der Waals surface area (Å²) >= 11 is 0. The normalized spacial score (nSPS) is 44.0. The first-order chi connectivity index (χ1) is 8.92. The van der Waals surface area contributed by atoms with Gasteiger partial charge in [-0.2, -0.15) is 5.26 Å². The van der Waals surface area contributed by atoms with Crippen LogP contribution in [0, 0.1) is 34.5 Å². The molecule has 0 saturated heterocycles. The summed E-state index contributed by atoms with van der Waals surface area (Å²) in [4.78, 5) is 0. The highest BCUT2D eigenvalue weighted by molar-refractivity contribution is 5.14. The average Bonchev–Trinajstić information content (AvgIpc) is 2.39. The minimum Gasteiger partial charge on any atom is -0.388 e. The Kier molecular flexibility index (Phi) is 4.26. The maximum atomic E-state index is 11.1. The van der Waals surface area contributed by atoms with E-state index >= 15 is 0 Å². The number of aliphatic hydroxyl groups is 1. The van der Waals surface area contributed by atoms with Crippen molar-refractivity contribution in [3.63, 3.8) is 0 Å². The fraction of sp³-hybridized carbons (Fsp3) is 0.941. The fourth-order valence-electron chi connectivity index (χ4n) is 4.44. The lowest BCUT2D eigenvalue weighted by Crippen LogP contribution is -2.52. The smallest absolute Gasteiger partial charge is 0.0862 e. The Morgan fingerprint density at radius 3 is 2.26 bits per heavy atom. The second-order valence-corrected chi connectivity index (χ2v) is 7.51. The molecule has 2 aliphatic carbocycles. The molecule has 0 spiro atoms. The minimum atomic E-state index is -0.720. The van der Waals surface area contributed by atoms with Crippen LogP contribution in [0.4, 0.5) is 0 Å². The van der Waals surface area contributed by atoms with Crippen molar-refractivity contribution in [2.24, 2.45) is 23.2 Å². The molecule has 1 N–H and O–H groups in total. The van der Waals surface area contributed by atoms with E-state index in [1.165, 1.54) is 6.42 Å². The zero-order valence-corrected chi connectivity index (χ0v) is 12.8. The van der Waals surface area contributed by atoms with Crippen molar-refractivity contribution in [2.75, 3.05) is 0 Å². The molecule has 19 heavy (non-hydrogen) atoms. The molecule has 0 aliphatic heterocycles. The number of nitrogens with zero attached hydrogens (tertiary/aromatic N) is 1. The first-order valence-corrected chi connectivity index (χ1v) is 8.06. The van der Waals surface area contributed by atoms with Gasteiger partial charge in [-0.05, 0) is 56.3 Å². The van der Waals surface area contributed by atoms with Crippen LogP contribution in [0.2, 0.25) is 0 Å². The van der Waals surface area contributed by atoms with Gasteiger partial charge in [0, 0.05) is 0 Å². The third kappa shape index (κ3) is 2.68. The molecule has 108 valence electrons. The number of hydrogen-bond acceptors (Lipinski definition) is 2. The van der Waals surface area contributed by atoms with Gasteiger partial charge in [0.05, 0.1) is 17.1 Å². The van der Waals surface area contributed by atoms with Crippen LogP contribution in [0.1, 0.15) is 72.1 Å². The van der Waals surface area contributed by atoms with Crippen molar-refractivity contribution in [3.8, 4) is 6.07 Å². The fourth-order valence-corrected chi connectivity index (χ4v) is 4.44. The number of rotatable bonds is 2. The molecule has 0 amide bonds. The Hall–Kier alpha value is -0.550. The van der Waals surface area contributed by atoms with E-state index in [4.69, 9.17) is 0 Å². The number of nitriles is 1. The van der Waals surface area contributed by atoms with E-state index in [0.717, 1.165) is 50.9 Å². The highest BCUT2D eigenvalue weighted by Crippen LogP contribution is 2.53. The van der Waals surface area contributed by atoms with Crippen LogP contribution >= 0.6 is 0 Å². The van der Waals surface area contributed by atoms with Gasteiger partial charge in [0.1, 0.15) is 0 Å². The predicted octanol–water partition coefficient (Wildman–Crippen LogP) is 4.28. The average molecular weight is 263 g/mol. The summed E-state index contributed by atoms with van der Waals surface area (Å²) in [5.74, 6) is 2.02. The standard InChI is InChI=1S/C17H29NO/c1-13(2)15-6-9-17(19,10-7-15)16(12-18)8-4-5-14(3)11-16/h13-15,19H,4-11H2,1-3H3. The number of hydrogen-bond donors (Lipinski definition) is 1. The van der Waals surface area contributed by atoms with Crippen LogP contribution in [0.15, 0.2) is 0 Å². The van der Waals surface area contributed by atoms with Crippen molar-refractivity contribution in [1.29, 1.82) is 5.26 Å². The Morgan fingerprint density at radius 1 is 1.16 bits per heavy atom. The highest BCUT2D eigenvalue weighted by Gasteiger charge is 2.53. The van der Waals surface area contributed by atoms with Crippen LogP contribution in [0.5, 0.6) is 0 Å². The van der Waals surface area contributed by atoms with Gasteiger partial charge < -0.3 is 5.11 Å². The monoisotopic (exact) mass is 263 g/mol. The molecule has 0 aromatic carbocycles. The molecule has 2 rings (SSSR count). The molecule has 0 heterocycles. The topological polar surface area (TPSA) is 44.0 Å². The molecule has 0 aromatic heterocycles. The molecule has 2 heteroatoms. The summed E-state index contributed by atoms with van der Waals surface area (Å²) in [6.45, 7) is 6.78. The van der Waals surface area contributed by atoms with Gasteiger partial charge in [-0.25, -0.2) is 0 Å². The van der Waals surface area contributed by atoms with Gasteiger partial charge in [0.25, 0.3) is 0 Å². The van der Waals surface area contributed by atoms with Gasteiger partial charge in [0.15, 0.2) is 0 Å². The summed E-state index contributed by atoms with van der Waals surface area (Å²) < 4.78 is 0. The Balaban J connectivity index is 2.13. The first-order valence-electron chi connectivity index (χ1n) is 8.06. The zero-order chi connectivity index (χ0) is 14.1. The van der Waals surface area contributed by atoms with Gasteiger partial charge in [0.2, 0.25) is 0 Å². The third-order valence-electron chi connectivity index (χ3n) is 5.90. The molecule has 0 bridgehead atoms. The third-order valence-corrected chi connectivity index (χ3v) is 5.90. The van der Waals surface area contributed by atoms with Crippen LogP contribution < -0.4 is 0 Å². The largest absolute Gasteiger partial charge is 0.388 e. The van der Waals surface area contributed by atoms with E-state index in [1.54, 1.807) is 0 Å². The van der Waals surface area contributed by atoms with Crippen molar-refractivity contribution in [2.45, 2.75) is 77.7 Å². The zero-order valence-electron chi connectivity index (χ0n) is 12.8. The first kappa shape index (κ1) is 14.9. The van der Waals surface area contributed by atoms with Gasteiger partial charge in [-0.1, -0.05) is 33.6 Å². The van der Waals surface area contributed by atoms with Gasteiger partial charge >= 0.3 is 0 Å². The van der Waals surface area contributed by atoms with E-state index in [2.05, 4.69) is 26.8 Å². The summed E-state index contributed by atoms with van der Waals surface area (Å²) in [6.07, 6.45) is 7.95. The molecule has 2 nitrogen and oxygen atoms in total. The Morgan fingerprint density at radius 2 is 1.79 bits per heavy atom. The summed E-state index contributed by atoms with van der Waals surface area (Å²) in [6, 6.07) is 2.55. The summed E-state index contributed by atoms with van der Waals surface area (Å²) in [5, 5.41) is 20.9. The van der Waals surface area contributed by atoms with E-state index in [0.29, 0.717) is 11.8 Å². The van der Waals surface area contributed by atoms with Crippen LogP contribution in [-0.2, 0) is 0 Å². The van der Waals surface area contributed by atoms with Crippen LogP contribution in [0.3, 0.4) is 0 Å². The molecular formula is C17H29NO. The minimum absolute atomic E-state index is 0.466. The molecule has 2 fully saturated rings. The molecule has 2 atom stereocenters. The Bertz CT molecular complexity index is 349. The SMILES string of the molecule is CC1CCCC(C#N)(C2(O)CCC(C(C)C)CC2)C1. The van der Waals surface area contributed by atoms with E-state index in [9.17, 15) is 10.4 Å². The maximum Gasteiger partial charge on any atom is 0.0862 e. The lowest BCUT2D eigenvalue weighted by molar-refractivity contribution is -0.114. The molecule has 0 radical (unpaired) electrons. The van der Waals surface area contributed by atoms with Crippen LogP contribution in [-0.4, -0.2) is 10.7 Å². The van der Waals surface area contributed by atoms with Crippen molar-refractivity contribution in [1.82, 2.24) is 0 Å². The quantitative estimate of drug-likeness (QED) is 0.808. The molecule has 2 aliphatic rings. The second kappa shape index (κ2) is 5.44. The molecule has 2 unspecified atom stereocenters. The maximum absolute atomic E-state index is 11.1. The molecule has 0 aromatic rings. The van der Waals surface area contributed by atoms with Crippen molar-refractivity contribution >= 4 is 0 Å². The van der Waals surface area contributed by atoms with E-state index in [-0.39, 0.29) is 0 Å². The lowest BCUT2D eigenvalue weighted by Gasteiger charge is -2.50. The van der Waals surface area contributed by atoms with Crippen molar-refractivity contribution in [3.05, 3.63) is 0 Å². The highest BCUT2D eigenvalue weighted by atomic mass is 16.3. The van der Waals surface area contributed by atoms with E-state index < -0.39 is 11.0 Å². The van der Waals surface area contributed by atoms with E-state index in [1.807, 2.05) is 0 Å². The summed E-state index contributed by atoms with van der Waals surface area (Å²) in [7, 11) is 0. The lowest BCUT2D eigenvalue weighted by atomic mass is 9.56. The van der Waals surface area contributed by atoms with Crippen LogP contribution in [0.25, 0.3) is 0 Å². The van der Waals surface area contributed by atoms with Gasteiger partial charge in [-0.15, -0.1) is 0 Å². The predicted molar refractivity (Wildman–Crippen MR) is 77.4 cm³/mol. The van der Waals surface area contributed by atoms with Crippen molar-refractivity contribution < 1.29 is 5.11 Å². The Labute approximate surface area is 118 Å². The second-order valence-electron chi connectivity index (χ2n) is 7.51.